The van der Waals surface area contributed by atoms with Crippen LogP contribution in [-0.2, 0) is 14.1 Å². The number of nitrogens with one attached hydrogen (secondary N) is 1. The number of nitrogens with zero attached hydrogens (tertiary/aromatic N) is 1. The van der Waals surface area contributed by atoms with Gasteiger partial charge in [-0.2, -0.15) is 0 Å². The fourth-order valence-corrected chi connectivity index (χ4v) is 3.22. The van der Waals surface area contributed by atoms with Gasteiger partial charge in [0.05, 0.1) is 11.2 Å². The molecule has 1 N–H and O–H groups in total. The second-order valence-corrected chi connectivity index (χ2v) is 7.73. The summed E-state index contributed by atoms with van der Waals surface area (Å²) < 4.78 is 12.2. The smallest absolute Gasteiger partial charge is 0.399 e. The summed E-state index contributed by atoms with van der Waals surface area (Å²) in [6.07, 6.45) is 2.77. The van der Waals surface area contributed by atoms with Gasteiger partial charge in [0.15, 0.2) is 0 Å². The third kappa shape index (κ3) is 3.30. The van der Waals surface area contributed by atoms with Crippen LogP contribution in [0.1, 0.15) is 40.5 Å². The van der Waals surface area contributed by atoms with Gasteiger partial charge in [0.1, 0.15) is 0 Å². The maximum atomic E-state index is 10.5. The summed E-state index contributed by atoms with van der Waals surface area (Å²) >= 11 is 0. The zero-order valence-electron chi connectivity index (χ0n) is 15.0. The molecule has 3 rings (SSSR count). The second kappa shape index (κ2) is 6.41. The third-order valence-electron chi connectivity index (χ3n) is 5.58. The highest BCUT2D eigenvalue weighted by atomic mass is 16.7. The van der Waals surface area contributed by atoms with Gasteiger partial charge in [-0.05, 0) is 58.1 Å². The van der Waals surface area contributed by atoms with Gasteiger partial charge in [-0.15, -0.1) is 0 Å². The standard InChI is InChI=1S/C18H27BN2O3/c1-17(2)18(3,4)24-19(23-17)14-5-7-16(8-6-14)21-11-9-15(10-12-21)20-13-22/h5-8,13,15H,9-12H2,1-4H3,(H,20,22). The van der Waals surface area contributed by atoms with Crippen LogP contribution in [0.2, 0.25) is 0 Å². The highest BCUT2D eigenvalue weighted by Crippen LogP contribution is 2.36. The van der Waals surface area contributed by atoms with E-state index in [0.29, 0.717) is 6.04 Å². The van der Waals surface area contributed by atoms with Gasteiger partial charge in [0.25, 0.3) is 0 Å². The second-order valence-electron chi connectivity index (χ2n) is 7.73. The Morgan fingerprint density at radius 2 is 1.62 bits per heavy atom. The molecule has 0 spiro atoms. The third-order valence-corrected chi connectivity index (χ3v) is 5.58. The number of anilines is 1. The number of rotatable bonds is 4. The summed E-state index contributed by atoms with van der Waals surface area (Å²) in [5.74, 6) is 0. The highest BCUT2D eigenvalue weighted by molar-refractivity contribution is 6.62. The van der Waals surface area contributed by atoms with E-state index in [2.05, 4.69) is 62.2 Å². The molecule has 5 nitrogen and oxygen atoms in total. The van der Waals surface area contributed by atoms with Gasteiger partial charge in [0, 0.05) is 24.8 Å². The Labute approximate surface area is 144 Å². The molecule has 130 valence electrons. The van der Waals surface area contributed by atoms with Crippen LogP contribution < -0.4 is 15.7 Å². The van der Waals surface area contributed by atoms with Crippen LogP contribution in [0, 0.1) is 0 Å². The zero-order chi connectivity index (χ0) is 17.4. The predicted octanol–water partition coefficient (Wildman–Crippen LogP) is 1.70. The summed E-state index contributed by atoms with van der Waals surface area (Å²) in [7, 11) is -0.313. The van der Waals surface area contributed by atoms with E-state index in [4.69, 9.17) is 9.31 Å². The largest absolute Gasteiger partial charge is 0.494 e. The molecular formula is C18H27BN2O3. The van der Waals surface area contributed by atoms with Gasteiger partial charge in [-0.3, -0.25) is 4.79 Å². The van der Waals surface area contributed by atoms with Gasteiger partial charge in [-0.25, -0.2) is 0 Å². The molecule has 1 aromatic carbocycles. The summed E-state index contributed by atoms with van der Waals surface area (Å²) in [5, 5.41) is 2.88. The Bertz CT molecular complexity index is 564. The molecular weight excluding hydrogens is 303 g/mol. The fourth-order valence-electron chi connectivity index (χ4n) is 3.22. The molecule has 2 heterocycles. The number of amides is 1. The molecule has 0 atom stereocenters. The molecule has 0 radical (unpaired) electrons. The van der Waals surface area contributed by atoms with Crippen LogP contribution in [0.3, 0.4) is 0 Å². The van der Waals surface area contributed by atoms with E-state index in [1.165, 1.54) is 5.69 Å². The van der Waals surface area contributed by atoms with Crippen molar-refractivity contribution in [2.45, 2.75) is 57.8 Å². The first-order chi connectivity index (χ1) is 11.3. The van der Waals surface area contributed by atoms with Gasteiger partial charge < -0.3 is 19.5 Å². The number of carbonyl (C=O) groups excluding carboxylic acids is 1. The first-order valence-electron chi connectivity index (χ1n) is 8.73. The normalized spacial score (nSPS) is 23.3. The van der Waals surface area contributed by atoms with Gasteiger partial charge in [-0.1, -0.05) is 12.1 Å². The summed E-state index contributed by atoms with van der Waals surface area (Å²) in [6, 6.07) is 8.75. The van der Waals surface area contributed by atoms with Crippen LogP contribution >= 0.6 is 0 Å². The molecule has 0 aliphatic carbocycles. The fraction of sp³-hybridized carbons (Fsp3) is 0.611. The summed E-state index contributed by atoms with van der Waals surface area (Å²) in [6.45, 7) is 10.2. The summed E-state index contributed by atoms with van der Waals surface area (Å²) in [4.78, 5) is 12.9. The van der Waals surface area contributed by atoms with Crippen LogP contribution in [0.15, 0.2) is 24.3 Å². The van der Waals surface area contributed by atoms with Gasteiger partial charge >= 0.3 is 7.12 Å². The van der Waals surface area contributed by atoms with Crippen LogP contribution in [0.5, 0.6) is 0 Å². The minimum Gasteiger partial charge on any atom is -0.399 e. The van der Waals surface area contributed by atoms with E-state index < -0.39 is 0 Å². The lowest BCUT2D eigenvalue weighted by molar-refractivity contribution is -0.110. The maximum Gasteiger partial charge on any atom is 0.494 e. The quantitative estimate of drug-likeness (QED) is 0.674. The molecule has 6 heteroatoms. The van der Waals surface area contributed by atoms with E-state index >= 15 is 0 Å². The van der Waals surface area contributed by atoms with Crippen molar-refractivity contribution in [2.75, 3.05) is 18.0 Å². The average molecular weight is 330 g/mol. The Kier molecular flexibility index (Phi) is 4.62. The molecule has 2 saturated heterocycles. The first-order valence-corrected chi connectivity index (χ1v) is 8.73. The Morgan fingerprint density at radius 3 is 2.12 bits per heavy atom. The lowest BCUT2D eigenvalue weighted by atomic mass is 9.79. The van der Waals surface area contributed by atoms with E-state index in [-0.39, 0.29) is 18.3 Å². The number of hydrogen-bond acceptors (Lipinski definition) is 4. The average Bonchev–Trinajstić information content (AvgIpc) is 2.77. The lowest BCUT2D eigenvalue weighted by Crippen LogP contribution is -2.42. The number of hydrogen-bond donors (Lipinski definition) is 1. The van der Waals surface area contributed by atoms with Crippen LogP contribution in [0.25, 0.3) is 0 Å². The lowest BCUT2D eigenvalue weighted by Gasteiger charge is -2.33. The van der Waals surface area contributed by atoms with Crippen LogP contribution in [0.4, 0.5) is 5.69 Å². The topological polar surface area (TPSA) is 50.8 Å². The SMILES string of the molecule is CC1(C)OB(c2ccc(N3CCC(NC=O)CC3)cc2)OC1(C)C. The molecule has 2 aliphatic heterocycles. The molecule has 1 amide bonds. The van der Waals surface area contributed by atoms with E-state index in [9.17, 15) is 4.79 Å². The van der Waals surface area contributed by atoms with Crippen LogP contribution in [-0.4, -0.2) is 43.9 Å². The van der Waals surface area contributed by atoms with Crippen molar-refractivity contribution in [1.29, 1.82) is 0 Å². The van der Waals surface area contributed by atoms with Gasteiger partial charge in [0.2, 0.25) is 6.41 Å². The number of benzene rings is 1. The molecule has 24 heavy (non-hydrogen) atoms. The zero-order valence-corrected chi connectivity index (χ0v) is 15.0. The molecule has 0 saturated carbocycles. The molecule has 0 aromatic heterocycles. The monoisotopic (exact) mass is 330 g/mol. The minimum absolute atomic E-state index is 0.308. The predicted molar refractivity (Wildman–Crippen MR) is 96.6 cm³/mol. The number of piperidine rings is 1. The molecule has 2 aliphatic rings. The van der Waals surface area contributed by atoms with E-state index in [1.807, 2.05) is 0 Å². The van der Waals surface area contributed by atoms with Crippen molar-refractivity contribution < 1.29 is 14.1 Å². The van der Waals surface area contributed by atoms with Crippen molar-refractivity contribution in [2.24, 2.45) is 0 Å². The minimum atomic E-state index is -0.316. The molecule has 1 aromatic rings. The van der Waals surface area contributed by atoms with E-state index in [1.54, 1.807) is 0 Å². The van der Waals surface area contributed by atoms with Crippen molar-refractivity contribution in [3.63, 3.8) is 0 Å². The first kappa shape index (κ1) is 17.3. The molecule has 2 fully saturated rings. The Balaban J connectivity index is 1.64. The van der Waals surface area contributed by atoms with E-state index in [0.717, 1.165) is 37.8 Å². The summed E-state index contributed by atoms with van der Waals surface area (Å²) in [5.41, 5.74) is 1.63. The maximum absolute atomic E-state index is 10.5. The Morgan fingerprint density at radius 1 is 1.08 bits per heavy atom. The van der Waals surface area contributed by atoms with Crippen molar-refractivity contribution >= 4 is 24.7 Å². The Hall–Kier alpha value is -1.53. The molecule has 0 unspecified atom stereocenters. The highest BCUT2D eigenvalue weighted by Gasteiger charge is 2.51. The molecule has 0 bridgehead atoms. The number of carbonyl (C=O) groups is 1. The van der Waals surface area contributed by atoms with Crippen molar-refractivity contribution in [3.05, 3.63) is 24.3 Å². The van der Waals surface area contributed by atoms with Crippen molar-refractivity contribution in [3.8, 4) is 0 Å². The van der Waals surface area contributed by atoms with Crippen molar-refractivity contribution in [1.82, 2.24) is 5.32 Å².